The van der Waals surface area contributed by atoms with Crippen molar-refractivity contribution in [3.8, 4) is 0 Å². The first kappa shape index (κ1) is 20.1. The van der Waals surface area contributed by atoms with E-state index in [4.69, 9.17) is 13.0 Å². The molecule has 0 spiro atoms. The molecule has 0 fully saturated rings. The van der Waals surface area contributed by atoms with Crippen LogP contribution in [-0.2, 0) is 21.0 Å². The molecule has 3 aromatic carbocycles. The minimum Gasteiger partial charge on any atom is -0.744 e. The summed E-state index contributed by atoms with van der Waals surface area (Å²) in [4.78, 5) is 4.08. The van der Waals surface area contributed by atoms with Crippen LogP contribution in [0, 0.1) is 0 Å². The van der Waals surface area contributed by atoms with E-state index in [-0.39, 0.29) is 10.9 Å². The van der Waals surface area contributed by atoms with Crippen molar-refractivity contribution in [3.63, 3.8) is 0 Å². The number of hydrogen-bond acceptors (Lipinski definition) is 3. The highest BCUT2D eigenvalue weighted by atomic mass is 32.2. The predicted molar refractivity (Wildman–Crippen MR) is 97.2 cm³/mol. The molecule has 3 aromatic rings. The molecule has 0 aromatic heterocycles. The van der Waals surface area contributed by atoms with Gasteiger partial charge in [0.2, 0.25) is 0 Å². The first-order valence-electron chi connectivity index (χ1n) is 7.52. The number of hydrogen-bond donors (Lipinski definition) is 0. The number of benzene rings is 3. The molecule has 0 N–H and O–H groups in total. The Balaban J connectivity index is 0.000000298. The Bertz CT molecular complexity index is 794. The summed E-state index contributed by atoms with van der Waals surface area (Å²) < 4.78 is 48.4. The Morgan fingerprint density at radius 1 is 0.654 bits per heavy atom. The first-order valence-corrected chi connectivity index (χ1v) is 10.2. The molecule has 0 saturated carbocycles. The van der Waals surface area contributed by atoms with Gasteiger partial charge in [-0.3, -0.25) is 0 Å². The predicted octanol–water partition coefficient (Wildman–Crippen LogP) is 4.54. The highest BCUT2D eigenvalue weighted by molar-refractivity contribution is 7.97. The van der Waals surface area contributed by atoms with E-state index in [2.05, 4.69) is 91.0 Å². The van der Waals surface area contributed by atoms with E-state index < -0.39 is 15.9 Å². The number of rotatable bonds is 4. The van der Waals surface area contributed by atoms with Gasteiger partial charge in [0, 0.05) is 0 Å². The molecule has 0 unspecified atom stereocenters. The first-order chi connectivity index (χ1) is 12.4. The molecule has 7 heteroatoms. The summed E-state index contributed by atoms with van der Waals surface area (Å²) in [6.07, 6.45) is 0. The van der Waals surface area contributed by atoms with Crippen LogP contribution < -0.4 is 0 Å². The van der Waals surface area contributed by atoms with E-state index in [0.29, 0.717) is 0 Å². The van der Waals surface area contributed by atoms with Gasteiger partial charge in [-0.25, -0.2) is 8.42 Å². The maximum absolute atomic E-state index is 10.6. The summed E-state index contributed by atoms with van der Waals surface area (Å²) in [6, 6.07) is 32.2. The zero-order valence-corrected chi connectivity index (χ0v) is 15.2. The molecule has 0 bridgehead atoms. The largest absolute Gasteiger partial charge is 0.744 e. The van der Waals surface area contributed by atoms with Crippen LogP contribution in [-0.4, -0.2) is 18.7 Å². The molecular formula is C19H16F2O3S2. The smallest absolute Gasteiger partial charge is 0.325 e. The Kier molecular flexibility index (Phi) is 7.32. The van der Waals surface area contributed by atoms with Gasteiger partial charge in [-0.15, -0.1) is 0 Å². The lowest BCUT2D eigenvalue weighted by Gasteiger charge is -2.07. The molecule has 0 aliphatic heterocycles. The second-order valence-electron chi connectivity index (χ2n) is 5.00. The van der Waals surface area contributed by atoms with E-state index in [0.717, 1.165) is 0 Å². The average molecular weight is 394 g/mol. The minimum atomic E-state index is -5.32. The number of alkyl halides is 2. The van der Waals surface area contributed by atoms with Gasteiger partial charge in [-0.1, -0.05) is 54.6 Å². The van der Waals surface area contributed by atoms with Gasteiger partial charge < -0.3 is 4.55 Å². The molecular weight excluding hydrogens is 378 g/mol. The second kappa shape index (κ2) is 9.47. The Morgan fingerprint density at radius 2 is 0.885 bits per heavy atom. The maximum Gasteiger partial charge on any atom is 0.325 e. The Morgan fingerprint density at radius 3 is 1.08 bits per heavy atom. The summed E-state index contributed by atoms with van der Waals surface area (Å²) in [7, 11) is -5.34. The average Bonchev–Trinajstić information content (AvgIpc) is 2.64. The zero-order chi connectivity index (χ0) is 19.0. The summed E-state index contributed by atoms with van der Waals surface area (Å²) in [6.45, 7) is 0. The third-order valence-corrected chi connectivity index (χ3v) is 5.82. The van der Waals surface area contributed by atoms with Crippen molar-refractivity contribution >= 4 is 21.0 Å². The van der Waals surface area contributed by atoms with Crippen molar-refractivity contribution in [2.75, 3.05) is 0 Å². The van der Waals surface area contributed by atoms with Crippen LogP contribution in [0.5, 0.6) is 0 Å². The monoisotopic (exact) mass is 394 g/mol. The van der Waals surface area contributed by atoms with Gasteiger partial charge in [0.05, 0.1) is 10.9 Å². The molecule has 3 rings (SSSR count). The van der Waals surface area contributed by atoms with Gasteiger partial charge in [0.1, 0.15) is 0 Å². The van der Waals surface area contributed by atoms with Crippen molar-refractivity contribution in [2.24, 2.45) is 0 Å². The van der Waals surface area contributed by atoms with Crippen molar-refractivity contribution in [1.29, 1.82) is 0 Å². The Labute approximate surface area is 154 Å². The van der Waals surface area contributed by atoms with E-state index in [1.54, 1.807) is 0 Å². The highest BCUT2D eigenvalue weighted by Gasteiger charge is 2.27. The summed E-state index contributed by atoms with van der Waals surface area (Å²) in [5.41, 5.74) is 0. The van der Waals surface area contributed by atoms with E-state index in [9.17, 15) is 8.78 Å². The van der Waals surface area contributed by atoms with Crippen molar-refractivity contribution in [3.05, 3.63) is 91.0 Å². The van der Waals surface area contributed by atoms with Crippen molar-refractivity contribution in [1.82, 2.24) is 0 Å². The molecule has 0 heterocycles. The minimum absolute atomic E-state index is 0.0146. The molecule has 3 nitrogen and oxygen atoms in total. The summed E-state index contributed by atoms with van der Waals surface area (Å²) in [5.74, 6) is -3.78. The summed E-state index contributed by atoms with van der Waals surface area (Å²) in [5, 5.41) is 0. The van der Waals surface area contributed by atoms with E-state index in [1.165, 1.54) is 14.7 Å². The molecule has 0 aliphatic carbocycles. The van der Waals surface area contributed by atoms with Gasteiger partial charge in [-0.05, 0) is 36.4 Å². The fraction of sp³-hybridized carbons (Fsp3) is 0.0526. The highest BCUT2D eigenvalue weighted by Crippen LogP contribution is 2.30. The lowest BCUT2D eigenvalue weighted by molar-refractivity contribution is 0.215. The third kappa shape index (κ3) is 5.94. The van der Waals surface area contributed by atoms with Crippen LogP contribution in [0.2, 0.25) is 0 Å². The Hall–Kier alpha value is -2.22. The van der Waals surface area contributed by atoms with Gasteiger partial charge >= 0.3 is 5.76 Å². The maximum atomic E-state index is 10.6. The third-order valence-electron chi connectivity index (χ3n) is 3.15. The van der Waals surface area contributed by atoms with Crippen molar-refractivity contribution in [2.45, 2.75) is 20.4 Å². The van der Waals surface area contributed by atoms with Gasteiger partial charge in [-0.2, -0.15) is 8.78 Å². The molecule has 0 saturated heterocycles. The van der Waals surface area contributed by atoms with Crippen LogP contribution in [0.15, 0.2) is 106 Å². The van der Waals surface area contributed by atoms with Gasteiger partial charge in [0.25, 0.3) is 0 Å². The normalized spacial score (nSPS) is 11.1. The topological polar surface area (TPSA) is 57.2 Å². The summed E-state index contributed by atoms with van der Waals surface area (Å²) >= 11 is 0. The van der Waals surface area contributed by atoms with Crippen LogP contribution in [0.25, 0.3) is 0 Å². The van der Waals surface area contributed by atoms with Crippen LogP contribution >= 0.6 is 0 Å². The fourth-order valence-corrected chi connectivity index (χ4v) is 4.18. The van der Waals surface area contributed by atoms with Crippen molar-refractivity contribution < 1.29 is 21.8 Å². The SMILES string of the molecule is O=S(=O)([O-])C(F)F.c1ccc([S+](c2ccccc2)c2ccccc2)cc1. The van der Waals surface area contributed by atoms with Crippen LogP contribution in [0.3, 0.4) is 0 Å². The van der Waals surface area contributed by atoms with Gasteiger partial charge in [0.15, 0.2) is 24.8 Å². The standard InChI is InChI=1S/C18H15S.CH2F2O3S/c1-4-10-16(11-5-1)19(17-12-6-2-7-13-17)18-14-8-3-9-15-18;2-1(3)7(4,5)6/h1-15H;1H,(H,4,5,6)/q+1;/p-1. The quantitative estimate of drug-likeness (QED) is 0.482. The van der Waals surface area contributed by atoms with E-state index in [1.807, 2.05) is 0 Å². The fourth-order valence-electron chi connectivity index (χ4n) is 2.08. The lowest BCUT2D eigenvalue weighted by atomic mass is 10.4. The molecule has 0 atom stereocenters. The van der Waals surface area contributed by atoms with Crippen LogP contribution in [0.4, 0.5) is 8.78 Å². The molecule has 0 radical (unpaired) electrons. The van der Waals surface area contributed by atoms with E-state index >= 15 is 0 Å². The molecule has 136 valence electrons. The number of halogens is 2. The second-order valence-corrected chi connectivity index (χ2v) is 8.37. The molecule has 0 amide bonds. The zero-order valence-electron chi connectivity index (χ0n) is 13.5. The molecule has 0 aliphatic rings. The lowest BCUT2D eigenvalue weighted by Crippen LogP contribution is -2.08. The van der Waals surface area contributed by atoms with Crippen LogP contribution in [0.1, 0.15) is 0 Å². The molecule has 26 heavy (non-hydrogen) atoms.